The van der Waals surface area contributed by atoms with E-state index in [2.05, 4.69) is 37.1 Å². The molecule has 2 rings (SSSR count). The lowest BCUT2D eigenvalue weighted by Gasteiger charge is -2.14. The molecule has 0 radical (unpaired) electrons. The summed E-state index contributed by atoms with van der Waals surface area (Å²) in [5.41, 5.74) is 10.6. The predicted octanol–water partition coefficient (Wildman–Crippen LogP) is 3.02. The maximum Gasteiger partial charge on any atom is 0.0696 e. The molecule has 2 aromatic rings. The number of nitrogens with zero attached hydrogens (tertiary/aromatic N) is 2. The van der Waals surface area contributed by atoms with Gasteiger partial charge in [0.25, 0.3) is 0 Å². The van der Waals surface area contributed by atoms with Crippen LogP contribution in [0.4, 0.5) is 0 Å². The van der Waals surface area contributed by atoms with Crippen LogP contribution in [0.2, 0.25) is 0 Å². The molecule has 1 heterocycles. The quantitative estimate of drug-likeness (QED) is 0.897. The monoisotopic (exact) mass is 243 g/mol. The highest BCUT2D eigenvalue weighted by Crippen LogP contribution is 2.22. The van der Waals surface area contributed by atoms with E-state index >= 15 is 0 Å². The number of nitrogens with two attached hydrogens (primary N) is 1. The van der Waals surface area contributed by atoms with Crippen LogP contribution in [0.3, 0.4) is 0 Å². The first-order valence-electron chi connectivity index (χ1n) is 6.60. The summed E-state index contributed by atoms with van der Waals surface area (Å²) in [7, 11) is 0. The van der Waals surface area contributed by atoms with Gasteiger partial charge in [-0.2, -0.15) is 5.10 Å². The third-order valence-corrected chi connectivity index (χ3v) is 3.21. The molecule has 1 atom stereocenters. The van der Waals surface area contributed by atoms with Crippen molar-refractivity contribution in [2.45, 2.75) is 39.7 Å². The first kappa shape index (κ1) is 12.8. The molecule has 0 aliphatic rings. The summed E-state index contributed by atoms with van der Waals surface area (Å²) in [6.07, 6.45) is 1.93. The lowest BCUT2D eigenvalue weighted by molar-refractivity contribution is 0.750. The van der Waals surface area contributed by atoms with Gasteiger partial charge in [-0.15, -0.1) is 0 Å². The minimum absolute atomic E-state index is 0.0141. The van der Waals surface area contributed by atoms with Gasteiger partial charge in [-0.3, -0.25) is 0 Å². The molecule has 96 valence electrons. The Morgan fingerprint density at radius 1 is 1.22 bits per heavy atom. The van der Waals surface area contributed by atoms with Gasteiger partial charge in [0.2, 0.25) is 0 Å². The predicted molar refractivity (Wildman–Crippen MR) is 74.9 cm³/mol. The number of hydrogen-bond acceptors (Lipinski definition) is 2. The second kappa shape index (κ2) is 5.36. The summed E-state index contributed by atoms with van der Waals surface area (Å²) in [5, 5.41) is 4.67. The Morgan fingerprint density at radius 2 is 1.94 bits per heavy atom. The molecule has 1 aromatic carbocycles. The number of benzene rings is 1. The minimum atomic E-state index is 0.0141. The SMILES string of the molecule is CCc1cc(CC)n(-c2ccccc2[C@H](C)N)n1. The average Bonchev–Trinajstić information content (AvgIpc) is 2.81. The lowest BCUT2D eigenvalue weighted by Crippen LogP contribution is -2.11. The van der Waals surface area contributed by atoms with E-state index in [-0.39, 0.29) is 6.04 Å². The van der Waals surface area contributed by atoms with Crippen molar-refractivity contribution >= 4 is 0 Å². The summed E-state index contributed by atoms with van der Waals surface area (Å²) in [4.78, 5) is 0. The molecule has 0 fully saturated rings. The number of aryl methyl sites for hydroxylation is 2. The second-order valence-electron chi connectivity index (χ2n) is 4.59. The molecule has 2 N–H and O–H groups in total. The fourth-order valence-corrected chi connectivity index (χ4v) is 2.17. The summed E-state index contributed by atoms with van der Waals surface area (Å²) in [5.74, 6) is 0. The second-order valence-corrected chi connectivity index (χ2v) is 4.59. The van der Waals surface area contributed by atoms with E-state index in [1.807, 2.05) is 23.7 Å². The maximum absolute atomic E-state index is 6.04. The zero-order chi connectivity index (χ0) is 13.1. The van der Waals surface area contributed by atoms with Crippen molar-refractivity contribution in [1.82, 2.24) is 9.78 Å². The van der Waals surface area contributed by atoms with Crippen LogP contribution in [0.15, 0.2) is 30.3 Å². The van der Waals surface area contributed by atoms with E-state index in [9.17, 15) is 0 Å². The van der Waals surface area contributed by atoms with Gasteiger partial charge in [0.15, 0.2) is 0 Å². The molecule has 0 amide bonds. The van der Waals surface area contributed by atoms with E-state index in [1.54, 1.807) is 0 Å². The standard InChI is InChI=1S/C15H21N3/c1-4-12-10-13(5-2)18(17-12)15-9-7-6-8-14(15)11(3)16/h6-11H,4-5,16H2,1-3H3/t11-/m0/s1. The highest BCUT2D eigenvalue weighted by molar-refractivity contribution is 5.43. The van der Waals surface area contributed by atoms with E-state index in [4.69, 9.17) is 5.73 Å². The van der Waals surface area contributed by atoms with Crippen molar-refractivity contribution in [2.24, 2.45) is 5.73 Å². The molecule has 0 spiro atoms. The van der Waals surface area contributed by atoms with Gasteiger partial charge in [0.1, 0.15) is 0 Å². The fraction of sp³-hybridized carbons (Fsp3) is 0.400. The molecule has 0 aliphatic heterocycles. The molecule has 0 unspecified atom stereocenters. The van der Waals surface area contributed by atoms with Crippen LogP contribution in [0.5, 0.6) is 0 Å². The van der Waals surface area contributed by atoms with Crippen LogP contribution < -0.4 is 5.73 Å². The topological polar surface area (TPSA) is 43.8 Å². The van der Waals surface area contributed by atoms with Crippen LogP contribution >= 0.6 is 0 Å². The van der Waals surface area contributed by atoms with Gasteiger partial charge in [-0.05, 0) is 37.5 Å². The van der Waals surface area contributed by atoms with Gasteiger partial charge >= 0.3 is 0 Å². The van der Waals surface area contributed by atoms with Gasteiger partial charge < -0.3 is 5.73 Å². The minimum Gasteiger partial charge on any atom is -0.324 e. The number of aromatic nitrogens is 2. The van der Waals surface area contributed by atoms with Crippen LogP contribution in [0, 0.1) is 0 Å². The first-order chi connectivity index (χ1) is 8.67. The highest BCUT2D eigenvalue weighted by atomic mass is 15.3. The Kier molecular flexibility index (Phi) is 3.82. The maximum atomic E-state index is 6.04. The lowest BCUT2D eigenvalue weighted by atomic mass is 10.1. The Labute approximate surface area is 109 Å². The van der Waals surface area contributed by atoms with Crippen LogP contribution in [-0.2, 0) is 12.8 Å². The van der Waals surface area contributed by atoms with Crippen LogP contribution in [-0.4, -0.2) is 9.78 Å². The largest absolute Gasteiger partial charge is 0.324 e. The van der Waals surface area contributed by atoms with E-state index in [1.165, 1.54) is 5.69 Å². The molecule has 1 aromatic heterocycles. The summed E-state index contributed by atoms with van der Waals surface area (Å²) in [6.45, 7) is 6.29. The molecule has 3 nitrogen and oxygen atoms in total. The van der Waals surface area contributed by atoms with Crippen LogP contribution in [0.25, 0.3) is 5.69 Å². The van der Waals surface area contributed by atoms with E-state index in [0.29, 0.717) is 0 Å². The van der Waals surface area contributed by atoms with Gasteiger partial charge in [0.05, 0.1) is 11.4 Å². The number of rotatable bonds is 4. The van der Waals surface area contributed by atoms with Crippen molar-refractivity contribution in [1.29, 1.82) is 0 Å². The van der Waals surface area contributed by atoms with Crippen molar-refractivity contribution in [3.05, 3.63) is 47.3 Å². The smallest absolute Gasteiger partial charge is 0.0696 e. The van der Waals surface area contributed by atoms with Gasteiger partial charge in [0, 0.05) is 11.7 Å². The first-order valence-corrected chi connectivity index (χ1v) is 6.60. The Morgan fingerprint density at radius 3 is 2.56 bits per heavy atom. The fourth-order valence-electron chi connectivity index (χ4n) is 2.17. The van der Waals surface area contributed by atoms with E-state index < -0.39 is 0 Å². The molecular formula is C15H21N3. The van der Waals surface area contributed by atoms with Crippen molar-refractivity contribution in [3.63, 3.8) is 0 Å². The molecule has 0 aliphatic carbocycles. The van der Waals surface area contributed by atoms with Crippen molar-refractivity contribution in [3.8, 4) is 5.69 Å². The molecule has 0 bridgehead atoms. The summed E-state index contributed by atoms with van der Waals surface area (Å²) >= 11 is 0. The molecule has 3 heteroatoms. The van der Waals surface area contributed by atoms with E-state index in [0.717, 1.165) is 29.8 Å². The third-order valence-electron chi connectivity index (χ3n) is 3.21. The number of para-hydroxylation sites is 1. The highest BCUT2D eigenvalue weighted by Gasteiger charge is 2.12. The average molecular weight is 243 g/mol. The zero-order valence-electron chi connectivity index (χ0n) is 11.4. The summed E-state index contributed by atoms with van der Waals surface area (Å²) in [6, 6.07) is 10.4. The number of hydrogen-bond donors (Lipinski definition) is 1. The van der Waals surface area contributed by atoms with Gasteiger partial charge in [-0.1, -0.05) is 32.0 Å². The molecular weight excluding hydrogens is 222 g/mol. The molecule has 0 saturated carbocycles. The third kappa shape index (κ3) is 2.31. The Bertz CT molecular complexity index is 526. The normalized spacial score (nSPS) is 12.7. The Balaban J connectivity index is 2.57. The molecule has 18 heavy (non-hydrogen) atoms. The van der Waals surface area contributed by atoms with Gasteiger partial charge in [-0.25, -0.2) is 4.68 Å². The van der Waals surface area contributed by atoms with Crippen molar-refractivity contribution in [2.75, 3.05) is 0 Å². The van der Waals surface area contributed by atoms with Crippen LogP contribution in [0.1, 0.15) is 43.8 Å². The zero-order valence-corrected chi connectivity index (χ0v) is 11.4. The Hall–Kier alpha value is -1.61. The summed E-state index contributed by atoms with van der Waals surface area (Å²) < 4.78 is 2.04. The van der Waals surface area contributed by atoms with Crippen molar-refractivity contribution < 1.29 is 0 Å². The molecule has 0 saturated heterocycles.